The van der Waals surface area contributed by atoms with E-state index in [2.05, 4.69) is 9.88 Å². The average Bonchev–Trinajstić information content (AvgIpc) is 3.50. The van der Waals surface area contributed by atoms with E-state index in [1.807, 2.05) is 60.0 Å². The molecule has 0 radical (unpaired) electrons. The normalized spacial score (nSPS) is 15.2. The van der Waals surface area contributed by atoms with Crippen LogP contribution >= 0.6 is 22.9 Å². The molecule has 0 unspecified atom stereocenters. The summed E-state index contributed by atoms with van der Waals surface area (Å²) in [6.07, 6.45) is 1.28. The lowest BCUT2D eigenvalue weighted by atomic mass is 10.1. The summed E-state index contributed by atoms with van der Waals surface area (Å²) in [5.74, 6) is 0.454. The van der Waals surface area contributed by atoms with Crippen LogP contribution in [0, 0.1) is 0 Å². The summed E-state index contributed by atoms with van der Waals surface area (Å²) >= 11 is 7.97. The van der Waals surface area contributed by atoms with Gasteiger partial charge in [-0.25, -0.2) is 4.98 Å². The minimum Gasteiger partial charge on any atom is -0.491 e. The lowest BCUT2D eigenvalue weighted by Crippen LogP contribution is -2.38. The third kappa shape index (κ3) is 5.19. The van der Waals surface area contributed by atoms with Gasteiger partial charge >= 0.3 is 0 Å². The molecule has 4 aromatic rings. The van der Waals surface area contributed by atoms with Gasteiger partial charge in [0, 0.05) is 31.3 Å². The Morgan fingerprint density at radius 1 is 1.19 bits per heavy atom. The number of rotatable bonds is 9. The van der Waals surface area contributed by atoms with Crippen molar-refractivity contribution < 1.29 is 19.0 Å². The number of para-hydroxylation sites is 2. The number of hydrogen-bond donors (Lipinski definition) is 1. The Morgan fingerprint density at radius 2 is 2.00 bits per heavy atom. The summed E-state index contributed by atoms with van der Waals surface area (Å²) in [4.78, 5) is 19.3. The third-order valence-electron chi connectivity index (χ3n) is 6.10. The summed E-state index contributed by atoms with van der Waals surface area (Å²) in [7, 11) is 0. The third-order valence-corrected chi connectivity index (χ3v) is 7.64. The van der Waals surface area contributed by atoms with Gasteiger partial charge in [-0.15, -0.1) is 11.3 Å². The van der Waals surface area contributed by atoms with Gasteiger partial charge in [0.25, 0.3) is 5.91 Å². The van der Waals surface area contributed by atoms with E-state index >= 15 is 0 Å². The van der Waals surface area contributed by atoms with Gasteiger partial charge in [-0.1, -0.05) is 35.9 Å². The molecule has 1 saturated heterocycles. The molecule has 5 rings (SSSR count). The highest BCUT2D eigenvalue weighted by atomic mass is 35.5. The summed E-state index contributed by atoms with van der Waals surface area (Å²) < 4.78 is 19.5. The largest absolute Gasteiger partial charge is 0.491 e. The number of hydrogen-bond acceptors (Lipinski definition) is 7. The van der Waals surface area contributed by atoms with E-state index in [1.165, 1.54) is 11.3 Å². The SMILES string of the molecule is C[C@@H](Oc1cc(-n2cnc3ccccc32)sc1C(N)=O)c1cccc(OCCN2CCOCC2)c1Cl. The molecule has 1 aliphatic heterocycles. The van der Waals surface area contributed by atoms with E-state index in [0.29, 0.717) is 28.0 Å². The van der Waals surface area contributed by atoms with Crippen molar-refractivity contribution in [3.63, 3.8) is 0 Å². The smallest absolute Gasteiger partial charge is 0.262 e. The minimum absolute atomic E-state index is 0.337. The molecular weight excluding hydrogens is 500 g/mol. The van der Waals surface area contributed by atoms with Crippen LogP contribution in [-0.4, -0.2) is 59.8 Å². The molecule has 8 nitrogen and oxygen atoms in total. The van der Waals surface area contributed by atoms with Gasteiger partial charge in [-0.3, -0.25) is 14.3 Å². The molecule has 2 N–H and O–H groups in total. The second kappa shape index (κ2) is 10.9. The van der Waals surface area contributed by atoms with Crippen molar-refractivity contribution in [2.24, 2.45) is 5.73 Å². The number of amides is 1. The van der Waals surface area contributed by atoms with Crippen molar-refractivity contribution in [3.05, 3.63) is 70.3 Å². The van der Waals surface area contributed by atoms with Gasteiger partial charge in [0.2, 0.25) is 0 Å². The van der Waals surface area contributed by atoms with Crippen LogP contribution in [0.15, 0.2) is 54.9 Å². The summed E-state index contributed by atoms with van der Waals surface area (Å²) in [5, 5.41) is 1.27. The van der Waals surface area contributed by atoms with Crippen molar-refractivity contribution in [2.75, 3.05) is 39.5 Å². The van der Waals surface area contributed by atoms with Crippen LogP contribution in [0.3, 0.4) is 0 Å². The van der Waals surface area contributed by atoms with Gasteiger partial charge in [0.1, 0.15) is 40.4 Å². The lowest BCUT2D eigenvalue weighted by Gasteiger charge is -2.26. The molecular formula is C26H27ClN4O4S. The molecule has 1 aliphatic rings. The van der Waals surface area contributed by atoms with E-state index in [9.17, 15) is 4.79 Å². The molecule has 10 heteroatoms. The number of carbonyl (C=O) groups excluding carboxylic acids is 1. The van der Waals surface area contributed by atoms with E-state index in [-0.39, 0.29) is 0 Å². The summed E-state index contributed by atoms with van der Waals surface area (Å²) in [6.45, 7) is 6.52. The molecule has 188 valence electrons. The Bertz CT molecular complexity index is 1370. The fourth-order valence-corrected chi connectivity index (χ4v) is 5.45. The van der Waals surface area contributed by atoms with Gasteiger partial charge in [-0.2, -0.15) is 0 Å². The van der Waals surface area contributed by atoms with Crippen LogP contribution in [-0.2, 0) is 4.74 Å². The van der Waals surface area contributed by atoms with Crippen molar-refractivity contribution in [3.8, 4) is 16.5 Å². The van der Waals surface area contributed by atoms with Gasteiger partial charge < -0.3 is 19.9 Å². The average molecular weight is 527 g/mol. The molecule has 0 saturated carbocycles. The molecule has 1 amide bonds. The molecule has 0 spiro atoms. The Morgan fingerprint density at radius 3 is 2.81 bits per heavy atom. The van der Waals surface area contributed by atoms with Crippen LogP contribution in [0.25, 0.3) is 16.0 Å². The Kier molecular flexibility index (Phi) is 7.43. The first-order chi connectivity index (χ1) is 17.5. The first-order valence-corrected chi connectivity index (χ1v) is 12.9. The Hall–Kier alpha value is -3.11. The van der Waals surface area contributed by atoms with Gasteiger partial charge in [-0.05, 0) is 25.1 Å². The number of carbonyl (C=O) groups is 1. The van der Waals surface area contributed by atoms with Crippen molar-refractivity contribution in [1.29, 1.82) is 0 Å². The maximum Gasteiger partial charge on any atom is 0.262 e. The Balaban J connectivity index is 1.33. The monoisotopic (exact) mass is 526 g/mol. The number of morpholine rings is 1. The van der Waals surface area contributed by atoms with E-state index < -0.39 is 12.0 Å². The summed E-state index contributed by atoms with van der Waals surface area (Å²) in [5.41, 5.74) is 8.24. The second-order valence-corrected chi connectivity index (χ2v) is 9.88. The molecule has 3 heterocycles. The zero-order chi connectivity index (χ0) is 25.1. The summed E-state index contributed by atoms with van der Waals surface area (Å²) in [6, 6.07) is 15.2. The highest BCUT2D eigenvalue weighted by Gasteiger charge is 2.22. The molecule has 2 aromatic heterocycles. The Labute approximate surface area is 218 Å². The van der Waals surface area contributed by atoms with Crippen LogP contribution in [0.2, 0.25) is 5.02 Å². The van der Waals surface area contributed by atoms with Crippen LogP contribution in [0.4, 0.5) is 0 Å². The highest BCUT2D eigenvalue weighted by molar-refractivity contribution is 7.16. The standard InChI is InChI=1S/C26H27ClN4O4S/c1-17(18-5-4-8-21(24(18)27)34-14-11-30-9-12-33-13-10-30)35-22-15-23(36-25(22)26(28)32)31-16-29-19-6-2-3-7-20(19)31/h2-8,15-17H,9-14H2,1H3,(H2,28,32)/t17-/m1/s1. The fourth-order valence-electron chi connectivity index (χ4n) is 4.19. The molecule has 0 bridgehead atoms. The molecule has 2 aromatic carbocycles. The zero-order valence-corrected chi connectivity index (χ0v) is 21.4. The second-order valence-electron chi connectivity index (χ2n) is 8.47. The zero-order valence-electron chi connectivity index (χ0n) is 19.9. The predicted molar refractivity (Wildman–Crippen MR) is 141 cm³/mol. The fraction of sp³-hybridized carbons (Fsp3) is 0.308. The van der Waals surface area contributed by atoms with Crippen molar-refractivity contribution >= 4 is 39.9 Å². The number of imidazole rings is 1. The number of thiophene rings is 1. The van der Waals surface area contributed by atoms with Crippen molar-refractivity contribution in [1.82, 2.24) is 14.5 Å². The van der Waals surface area contributed by atoms with Crippen molar-refractivity contribution in [2.45, 2.75) is 13.0 Å². The molecule has 1 atom stereocenters. The number of halogens is 1. The molecule has 1 fully saturated rings. The minimum atomic E-state index is -0.552. The maximum absolute atomic E-state index is 12.2. The highest BCUT2D eigenvalue weighted by Crippen LogP contribution is 2.38. The number of fused-ring (bicyclic) bond motifs is 1. The quantitative estimate of drug-likeness (QED) is 0.340. The first-order valence-electron chi connectivity index (χ1n) is 11.8. The van der Waals surface area contributed by atoms with Crippen LogP contribution < -0.4 is 15.2 Å². The maximum atomic E-state index is 12.2. The number of aromatic nitrogens is 2. The molecule has 0 aliphatic carbocycles. The number of benzene rings is 2. The van der Waals surface area contributed by atoms with Crippen LogP contribution in [0.1, 0.15) is 28.3 Å². The van der Waals surface area contributed by atoms with Crippen LogP contribution in [0.5, 0.6) is 11.5 Å². The predicted octanol–water partition coefficient (Wildman–Crippen LogP) is 4.69. The lowest BCUT2D eigenvalue weighted by molar-refractivity contribution is 0.0322. The van der Waals surface area contributed by atoms with E-state index in [4.69, 9.17) is 31.5 Å². The topological polar surface area (TPSA) is 91.8 Å². The van der Waals surface area contributed by atoms with E-state index in [0.717, 1.165) is 54.4 Å². The van der Waals surface area contributed by atoms with Gasteiger partial charge in [0.15, 0.2) is 0 Å². The number of nitrogens with two attached hydrogens (primary N) is 1. The first kappa shape index (κ1) is 24.6. The number of nitrogens with zero attached hydrogens (tertiary/aromatic N) is 3. The number of primary amides is 1. The van der Waals surface area contributed by atoms with E-state index in [1.54, 1.807) is 6.33 Å². The molecule has 36 heavy (non-hydrogen) atoms. The van der Waals surface area contributed by atoms with Gasteiger partial charge in [0.05, 0.1) is 29.3 Å². The number of ether oxygens (including phenoxy) is 3.